The molecule has 2 aromatic carbocycles. The van der Waals surface area contributed by atoms with Crippen molar-refractivity contribution in [2.45, 2.75) is 29.4 Å². The summed E-state index contributed by atoms with van der Waals surface area (Å²) < 4.78 is 25.5. The number of rotatable bonds is 6. The Morgan fingerprint density at radius 3 is 2.52 bits per heavy atom. The highest BCUT2D eigenvalue weighted by atomic mass is 35.5. The Balaban J connectivity index is 1.48. The SMILES string of the molecule is O=C(NCCCc1ccccc1)N1CCC(S(=O)(=O)c2ccc(Cl)cc2)C1. The summed E-state index contributed by atoms with van der Waals surface area (Å²) in [6.45, 7) is 1.23. The molecule has 144 valence electrons. The van der Waals surface area contributed by atoms with Gasteiger partial charge in [0.05, 0.1) is 10.1 Å². The quantitative estimate of drug-likeness (QED) is 0.746. The molecule has 1 aliphatic rings. The van der Waals surface area contributed by atoms with Crippen molar-refractivity contribution in [3.63, 3.8) is 0 Å². The van der Waals surface area contributed by atoms with Gasteiger partial charge in [0.2, 0.25) is 0 Å². The van der Waals surface area contributed by atoms with Crippen LogP contribution in [0.4, 0.5) is 4.79 Å². The van der Waals surface area contributed by atoms with E-state index in [0.717, 1.165) is 12.8 Å². The molecule has 0 spiro atoms. The maximum absolute atomic E-state index is 12.7. The van der Waals surface area contributed by atoms with Gasteiger partial charge in [-0.15, -0.1) is 0 Å². The molecule has 1 heterocycles. The molecule has 27 heavy (non-hydrogen) atoms. The summed E-state index contributed by atoms with van der Waals surface area (Å²) in [6.07, 6.45) is 2.19. The first-order chi connectivity index (χ1) is 13.0. The van der Waals surface area contributed by atoms with E-state index in [9.17, 15) is 13.2 Å². The normalized spacial score (nSPS) is 17.1. The molecule has 0 aromatic heterocycles. The van der Waals surface area contributed by atoms with Crippen molar-refractivity contribution in [1.29, 1.82) is 0 Å². The maximum Gasteiger partial charge on any atom is 0.317 e. The molecule has 0 saturated carbocycles. The van der Waals surface area contributed by atoms with E-state index >= 15 is 0 Å². The lowest BCUT2D eigenvalue weighted by Crippen LogP contribution is -2.40. The molecular weight excluding hydrogens is 384 g/mol. The monoisotopic (exact) mass is 406 g/mol. The highest BCUT2D eigenvalue weighted by Crippen LogP contribution is 2.25. The number of amides is 2. The lowest BCUT2D eigenvalue weighted by atomic mass is 10.1. The second-order valence-electron chi connectivity index (χ2n) is 6.68. The third-order valence-electron chi connectivity index (χ3n) is 4.77. The summed E-state index contributed by atoms with van der Waals surface area (Å²) in [6, 6.07) is 16.1. The van der Waals surface area contributed by atoms with Gasteiger partial charge in [-0.05, 0) is 49.1 Å². The Bertz CT molecular complexity index is 870. The molecule has 2 aromatic rings. The molecule has 1 fully saturated rings. The number of halogens is 1. The van der Waals surface area contributed by atoms with Crippen molar-refractivity contribution >= 4 is 27.5 Å². The first-order valence-electron chi connectivity index (χ1n) is 9.03. The zero-order chi connectivity index (χ0) is 19.3. The fraction of sp³-hybridized carbons (Fsp3) is 0.350. The molecule has 0 radical (unpaired) electrons. The number of nitrogens with zero attached hydrogens (tertiary/aromatic N) is 1. The van der Waals surface area contributed by atoms with Crippen LogP contribution in [0.3, 0.4) is 0 Å². The Hall–Kier alpha value is -2.05. The van der Waals surface area contributed by atoms with E-state index in [4.69, 9.17) is 11.6 Å². The number of hydrogen-bond donors (Lipinski definition) is 1. The van der Waals surface area contributed by atoms with E-state index in [2.05, 4.69) is 17.4 Å². The van der Waals surface area contributed by atoms with Crippen LogP contribution < -0.4 is 5.32 Å². The summed E-state index contributed by atoms with van der Waals surface area (Å²) in [5.41, 5.74) is 1.24. The van der Waals surface area contributed by atoms with Crippen molar-refractivity contribution in [1.82, 2.24) is 10.2 Å². The molecule has 0 bridgehead atoms. The van der Waals surface area contributed by atoms with Gasteiger partial charge in [0.15, 0.2) is 9.84 Å². The topological polar surface area (TPSA) is 66.5 Å². The first kappa shape index (κ1) is 19.7. The second-order valence-corrected chi connectivity index (χ2v) is 9.34. The van der Waals surface area contributed by atoms with E-state index in [1.54, 1.807) is 17.0 Å². The molecule has 0 aliphatic carbocycles. The van der Waals surface area contributed by atoms with E-state index in [-0.39, 0.29) is 17.5 Å². The van der Waals surface area contributed by atoms with Crippen LogP contribution >= 0.6 is 11.6 Å². The van der Waals surface area contributed by atoms with Gasteiger partial charge in [0, 0.05) is 24.7 Å². The number of sulfone groups is 1. The molecular formula is C20H23ClN2O3S. The summed E-state index contributed by atoms with van der Waals surface area (Å²) in [7, 11) is -3.46. The summed E-state index contributed by atoms with van der Waals surface area (Å²) in [5, 5.41) is 2.81. The third-order valence-corrected chi connectivity index (χ3v) is 7.22. The predicted molar refractivity (Wildman–Crippen MR) is 107 cm³/mol. The number of carbonyl (C=O) groups excluding carboxylic acids is 1. The molecule has 1 N–H and O–H groups in total. The smallest absolute Gasteiger partial charge is 0.317 e. The predicted octanol–water partition coefficient (Wildman–Crippen LogP) is 3.53. The van der Waals surface area contributed by atoms with Crippen LogP contribution in [0.25, 0.3) is 0 Å². The van der Waals surface area contributed by atoms with Gasteiger partial charge in [0.25, 0.3) is 0 Å². The molecule has 3 rings (SSSR count). The maximum atomic E-state index is 12.7. The average Bonchev–Trinajstić information content (AvgIpc) is 3.17. The van der Waals surface area contributed by atoms with E-state index < -0.39 is 15.1 Å². The van der Waals surface area contributed by atoms with Crippen LogP contribution in [-0.2, 0) is 16.3 Å². The first-order valence-corrected chi connectivity index (χ1v) is 11.0. The Labute approximate surface area is 165 Å². The summed E-state index contributed by atoms with van der Waals surface area (Å²) in [5.74, 6) is 0. The summed E-state index contributed by atoms with van der Waals surface area (Å²) in [4.78, 5) is 14.1. The second kappa shape index (κ2) is 8.76. The number of carbonyl (C=O) groups is 1. The van der Waals surface area contributed by atoms with Crippen molar-refractivity contribution in [3.05, 3.63) is 65.2 Å². The Morgan fingerprint density at radius 1 is 1.11 bits per heavy atom. The molecule has 1 saturated heterocycles. The largest absolute Gasteiger partial charge is 0.338 e. The van der Waals surface area contributed by atoms with Gasteiger partial charge in [-0.25, -0.2) is 13.2 Å². The average molecular weight is 407 g/mol. The van der Waals surface area contributed by atoms with Crippen molar-refractivity contribution in [2.24, 2.45) is 0 Å². The fourth-order valence-electron chi connectivity index (χ4n) is 3.23. The molecule has 7 heteroatoms. The van der Waals surface area contributed by atoms with E-state index in [0.29, 0.717) is 24.5 Å². The minimum atomic E-state index is -3.46. The van der Waals surface area contributed by atoms with Crippen molar-refractivity contribution in [3.8, 4) is 0 Å². The fourth-order valence-corrected chi connectivity index (χ4v) is 5.05. The van der Waals surface area contributed by atoms with Crippen LogP contribution in [0.1, 0.15) is 18.4 Å². The number of benzene rings is 2. The Morgan fingerprint density at radius 2 is 1.81 bits per heavy atom. The zero-order valence-corrected chi connectivity index (χ0v) is 16.5. The van der Waals surface area contributed by atoms with Crippen LogP contribution in [0.15, 0.2) is 59.5 Å². The molecule has 1 atom stereocenters. The number of nitrogens with one attached hydrogen (secondary N) is 1. The number of aryl methyl sites for hydroxylation is 1. The van der Waals surface area contributed by atoms with Gasteiger partial charge >= 0.3 is 6.03 Å². The molecule has 5 nitrogen and oxygen atoms in total. The van der Waals surface area contributed by atoms with Crippen molar-refractivity contribution in [2.75, 3.05) is 19.6 Å². The minimum absolute atomic E-state index is 0.197. The van der Waals surface area contributed by atoms with Crippen LogP contribution in [0, 0.1) is 0 Å². The number of hydrogen-bond acceptors (Lipinski definition) is 3. The molecule has 1 aliphatic heterocycles. The number of likely N-dealkylation sites (tertiary alicyclic amines) is 1. The van der Waals surface area contributed by atoms with Gasteiger partial charge in [-0.2, -0.15) is 0 Å². The summed E-state index contributed by atoms with van der Waals surface area (Å²) >= 11 is 5.83. The lowest BCUT2D eigenvalue weighted by Gasteiger charge is -2.17. The van der Waals surface area contributed by atoms with Crippen LogP contribution in [0.2, 0.25) is 5.02 Å². The Kier molecular flexibility index (Phi) is 6.39. The van der Waals surface area contributed by atoms with E-state index in [1.165, 1.54) is 17.7 Å². The highest BCUT2D eigenvalue weighted by Gasteiger charge is 2.36. The molecule has 2 amide bonds. The highest BCUT2D eigenvalue weighted by molar-refractivity contribution is 7.92. The van der Waals surface area contributed by atoms with Crippen molar-refractivity contribution < 1.29 is 13.2 Å². The lowest BCUT2D eigenvalue weighted by molar-refractivity contribution is 0.209. The van der Waals surface area contributed by atoms with E-state index in [1.807, 2.05) is 18.2 Å². The standard InChI is InChI=1S/C20H23ClN2O3S/c21-17-8-10-18(11-9-17)27(25,26)19-12-14-23(15-19)20(24)22-13-4-7-16-5-2-1-3-6-16/h1-3,5-6,8-11,19H,4,7,12-15H2,(H,22,24). The minimum Gasteiger partial charge on any atom is -0.338 e. The van der Waals surface area contributed by atoms with Gasteiger partial charge in [0.1, 0.15) is 0 Å². The molecule has 1 unspecified atom stereocenters. The third kappa shape index (κ3) is 5.02. The van der Waals surface area contributed by atoms with Crippen LogP contribution in [0.5, 0.6) is 0 Å². The van der Waals surface area contributed by atoms with Gasteiger partial charge in [-0.3, -0.25) is 0 Å². The zero-order valence-electron chi connectivity index (χ0n) is 15.0. The number of urea groups is 1. The van der Waals surface area contributed by atoms with Gasteiger partial charge in [-0.1, -0.05) is 41.9 Å². The van der Waals surface area contributed by atoms with Gasteiger partial charge < -0.3 is 10.2 Å². The van der Waals surface area contributed by atoms with Crippen LogP contribution in [-0.4, -0.2) is 44.2 Å².